The first-order valence-electron chi connectivity index (χ1n) is 8.68. The standard InChI is InChI=1S/C19H30N2O3/c1-5-21(6-2)13-7-12-20-19(23)11-9-17(22)16-14-15(3)8-10-18(16)24-4/h8,10,14H,5-7,9,11-13H2,1-4H3,(H,20,23). The molecule has 1 rings (SSSR count). The maximum atomic E-state index is 12.3. The maximum absolute atomic E-state index is 12.3. The summed E-state index contributed by atoms with van der Waals surface area (Å²) in [6, 6.07) is 5.50. The molecular formula is C19H30N2O3. The molecule has 0 spiro atoms. The minimum atomic E-state index is -0.0745. The summed E-state index contributed by atoms with van der Waals surface area (Å²) in [4.78, 5) is 26.5. The van der Waals surface area contributed by atoms with Gasteiger partial charge in [0.1, 0.15) is 5.75 Å². The second-order valence-corrected chi connectivity index (χ2v) is 5.86. The summed E-state index contributed by atoms with van der Waals surface area (Å²) in [6.07, 6.45) is 1.33. The number of ether oxygens (including phenoxy) is 1. The Morgan fingerprint density at radius 3 is 2.50 bits per heavy atom. The van der Waals surface area contributed by atoms with Gasteiger partial charge in [0.05, 0.1) is 12.7 Å². The van der Waals surface area contributed by atoms with Crippen molar-refractivity contribution in [3.8, 4) is 5.75 Å². The van der Waals surface area contributed by atoms with Crippen LogP contribution in [0.4, 0.5) is 0 Å². The molecule has 5 nitrogen and oxygen atoms in total. The molecule has 0 aliphatic carbocycles. The molecule has 134 valence electrons. The molecule has 0 saturated heterocycles. The number of benzene rings is 1. The minimum Gasteiger partial charge on any atom is -0.496 e. The summed E-state index contributed by atoms with van der Waals surface area (Å²) < 4.78 is 5.23. The van der Waals surface area contributed by atoms with Crippen molar-refractivity contribution in [2.75, 3.05) is 33.3 Å². The summed E-state index contributed by atoms with van der Waals surface area (Å²) in [7, 11) is 1.55. The van der Waals surface area contributed by atoms with E-state index in [4.69, 9.17) is 4.74 Å². The van der Waals surface area contributed by atoms with Gasteiger partial charge < -0.3 is 15.0 Å². The molecule has 0 unspecified atom stereocenters. The van der Waals surface area contributed by atoms with Crippen LogP contribution in [0, 0.1) is 6.92 Å². The fraction of sp³-hybridized carbons (Fsp3) is 0.579. The van der Waals surface area contributed by atoms with Gasteiger partial charge in [0.25, 0.3) is 0 Å². The summed E-state index contributed by atoms with van der Waals surface area (Å²) in [5.74, 6) is 0.425. The highest BCUT2D eigenvalue weighted by atomic mass is 16.5. The van der Waals surface area contributed by atoms with Crippen molar-refractivity contribution in [1.29, 1.82) is 0 Å². The Bertz CT molecular complexity index is 539. The van der Waals surface area contributed by atoms with Gasteiger partial charge in [-0.1, -0.05) is 25.5 Å². The number of Topliss-reactive ketones (excluding diaryl/α,β-unsaturated/α-hetero) is 1. The lowest BCUT2D eigenvalue weighted by molar-refractivity contribution is -0.121. The van der Waals surface area contributed by atoms with Gasteiger partial charge in [-0.2, -0.15) is 0 Å². The van der Waals surface area contributed by atoms with Crippen LogP contribution in [-0.2, 0) is 4.79 Å². The molecule has 0 saturated carbocycles. The normalized spacial score (nSPS) is 10.7. The van der Waals surface area contributed by atoms with Gasteiger partial charge >= 0.3 is 0 Å². The lowest BCUT2D eigenvalue weighted by Gasteiger charge is -2.17. The Hall–Kier alpha value is -1.88. The highest BCUT2D eigenvalue weighted by molar-refractivity contribution is 6.00. The third-order valence-corrected chi connectivity index (χ3v) is 4.10. The molecule has 1 amide bonds. The van der Waals surface area contributed by atoms with Crippen molar-refractivity contribution >= 4 is 11.7 Å². The number of nitrogens with zero attached hydrogens (tertiary/aromatic N) is 1. The van der Waals surface area contributed by atoms with Crippen LogP contribution in [0.15, 0.2) is 18.2 Å². The third kappa shape index (κ3) is 6.71. The van der Waals surface area contributed by atoms with Crippen molar-refractivity contribution in [3.05, 3.63) is 29.3 Å². The molecule has 1 N–H and O–H groups in total. The number of aryl methyl sites for hydroxylation is 1. The van der Waals surface area contributed by atoms with Crippen LogP contribution in [0.3, 0.4) is 0 Å². The number of carbonyl (C=O) groups excluding carboxylic acids is 2. The lowest BCUT2D eigenvalue weighted by Crippen LogP contribution is -2.30. The van der Waals surface area contributed by atoms with Crippen molar-refractivity contribution in [2.24, 2.45) is 0 Å². The van der Waals surface area contributed by atoms with E-state index in [-0.39, 0.29) is 24.5 Å². The first kappa shape index (κ1) is 20.2. The SMILES string of the molecule is CCN(CC)CCCNC(=O)CCC(=O)c1cc(C)ccc1OC. The van der Waals surface area contributed by atoms with E-state index < -0.39 is 0 Å². The number of methoxy groups -OCH3 is 1. The molecule has 0 aromatic heterocycles. The van der Waals surface area contributed by atoms with Crippen molar-refractivity contribution < 1.29 is 14.3 Å². The van der Waals surface area contributed by atoms with Crippen LogP contribution < -0.4 is 10.1 Å². The average molecular weight is 334 g/mol. The monoisotopic (exact) mass is 334 g/mol. The molecule has 0 radical (unpaired) electrons. The number of hydrogen-bond donors (Lipinski definition) is 1. The number of amides is 1. The van der Waals surface area contributed by atoms with E-state index >= 15 is 0 Å². The topological polar surface area (TPSA) is 58.6 Å². The first-order chi connectivity index (χ1) is 11.5. The highest BCUT2D eigenvalue weighted by Crippen LogP contribution is 2.21. The van der Waals surface area contributed by atoms with Crippen LogP contribution >= 0.6 is 0 Å². The van der Waals surface area contributed by atoms with Gasteiger partial charge in [-0.15, -0.1) is 0 Å². The average Bonchev–Trinajstić information content (AvgIpc) is 2.59. The van der Waals surface area contributed by atoms with E-state index in [1.807, 2.05) is 19.1 Å². The van der Waals surface area contributed by atoms with Crippen LogP contribution in [0.2, 0.25) is 0 Å². The van der Waals surface area contributed by atoms with E-state index in [2.05, 4.69) is 24.1 Å². The number of rotatable bonds is 11. The van der Waals surface area contributed by atoms with E-state index in [0.29, 0.717) is 17.9 Å². The predicted octanol–water partition coefficient (Wildman–Crippen LogP) is 2.81. The Kier molecular flexibility index (Phi) is 9.08. The molecule has 0 bridgehead atoms. The smallest absolute Gasteiger partial charge is 0.220 e. The summed E-state index contributed by atoms with van der Waals surface area (Å²) >= 11 is 0. The van der Waals surface area contributed by atoms with Gasteiger partial charge in [0.2, 0.25) is 5.91 Å². The largest absolute Gasteiger partial charge is 0.496 e. The number of hydrogen-bond acceptors (Lipinski definition) is 4. The quantitative estimate of drug-likeness (QED) is 0.499. The Balaban J connectivity index is 2.36. The van der Waals surface area contributed by atoms with Gasteiger partial charge in [0.15, 0.2) is 5.78 Å². The van der Waals surface area contributed by atoms with E-state index in [9.17, 15) is 9.59 Å². The van der Waals surface area contributed by atoms with E-state index in [0.717, 1.165) is 31.6 Å². The zero-order chi connectivity index (χ0) is 17.9. The van der Waals surface area contributed by atoms with Crippen molar-refractivity contribution in [3.63, 3.8) is 0 Å². The zero-order valence-electron chi connectivity index (χ0n) is 15.4. The van der Waals surface area contributed by atoms with Crippen LogP contribution in [0.25, 0.3) is 0 Å². The predicted molar refractivity (Wildman–Crippen MR) is 96.7 cm³/mol. The Morgan fingerprint density at radius 2 is 1.88 bits per heavy atom. The molecule has 24 heavy (non-hydrogen) atoms. The molecule has 1 aromatic carbocycles. The van der Waals surface area contributed by atoms with Gasteiger partial charge in [-0.25, -0.2) is 0 Å². The fourth-order valence-electron chi connectivity index (χ4n) is 2.56. The van der Waals surface area contributed by atoms with Crippen LogP contribution in [-0.4, -0.2) is 49.9 Å². The number of ketones is 1. The minimum absolute atomic E-state index is 0.0613. The fourth-order valence-corrected chi connectivity index (χ4v) is 2.56. The molecule has 0 atom stereocenters. The number of nitrogens with one attached hydrogen (secondary N) is 1. The molecular weight excluding hydrogens is 304 g/mol. The summed E-state index contributed by atoms with van der Waals surface area (Å²) in [5, 5.41) is 2.88. The summed E-state index contributed by atoms with van der Waals surface area (Å²) in [6.45, 7) is 9.87. The third-order valence-electron chi connectivity index (χ3n) is 4.10. The van der Waals surface area contributed by atoms with Crippen LogP contribution in [0.1, 0.15) is 49.0 Å². The van der Waals surface area contributed by atoms with Crippen molar-refractivity contribution in [1.82, 2.24) is 10.2 Å². The second kappa shape index (κ2) is 10.8. The van der Waals surface area contributed by atoms with Gasteiger partial charge in [0, 0.05) is 19.4 Å². The summed E-state index contributed by atoms with van der Waals surface area (Å²) in [5.41, 5.74) is 1.55. The maximum Gasteiger partial charge on any atom is 0.220 e. The van der Waals surface area contributed by atoms with E-state index in [1.54, 1.807) is 13.2 Å². The lowest BCUT2D eigenvalue weighted by atomic mass is 10.0. The second-order valence-electron chi connectivity index (χ2n) is 5.86. The zero-order valence-corrected chi connectivity index (χ0v) is 15.4. The molecule has 0 fully saturated rings. The molecule has 0 aliphatic heterocycles. The Labute approximate surface area is 145 Å². The molecule has 0 aliphatic rings. The number of carbonyl (C=O) groups is 2. The molecule has 0 heterocycles. The van der Waals surface area contributed by atoms with Crippen molar-refractivity contribution in [2.45, 2.75) is 40.0 Å². The van der Waals surface area contributed by atoms with Gasteiger partial charge in [-0.05, 0) is 45.1 Å². The Morgan fingerprint density at radius 1 is 1.17 bits per heavy atom. The van der Waals surface area contributed by atoms with E-state index in [1.165, 1.54) is 0 Å². The molecule has 1 aromatic rings. The van der Waals surface area contributed by atoms with Gasteiger partial charge in [-0.3, -0.25) is 9.59 Å². The van der Waals surface area contributed by atoms with Crippen LogP contribution in [0.5, 0.6) is 5.75 Å². The first-order valence-corrected chi connectivity index (χ1v) is 8.68. The highest BCUT2D eigenvalue weighted by Gasteiger charge is 2.14. The molecule has 5 heteroatoms.